The predicted octanol–water partition coefficient (Wildman–Crippen LogP) is 5.85. The summed E-state index contributed by atoms with van der Waals surface area (Å²) in [4.78, 5) is 41.0. The molecule has 0 spiro atoms. The van der Waals surface area contributed by atoms with Crippen molar-refractivity contribution in [3.63, 3.8) is 0 Å². The third kappa shape index (κ3) is 4.68. The number of hydrogen-bond acceptors (Lipinski definition) is 8. The Morgan fingerprint density at radius 1 is 1.02 bits per heavy atom. The number of carbonyl (C=O) groups is 2. The van der Waals surface area contributed by atoms with Crippen molar-refractivity contribution >= 4 is 33.7 Å². The van der Waals surface area contributed by atoms with Crippen LogP contribution < -0.4 is 4.74 Å². The van der Waals surface area contributed by atoms with Gasteiger partial charge in [0.05, 0.1) is 27.9 Å². The summed E-state index contributed by atoms with van der Waals surface area (Å²) in [6.07, 6.45) is 7.07. The summed E-state index contributed by atoms with van der Waals surface area (Å²) >= 11 is 0. The molecule has 10 nitrogen and oxygen atoms in total. The molecule has 4 aliphatic heterocycles. The number of ether oxygens (including phenoxy) is 3. The molecule has 3 saturated heterocycles. The van der Waals surface area contributed by atoms with Crippen LogP contribution in [-0.4, -0.2) is 104 Å². The van der Waals surface area contributed by atoms with Crippen molar-refractivity contribution in [2.24, 2.45) is 23.2 Å². The number of carbonyl (C=O) groups excluding carboxylic acids is 2. The maximum Gasteiger partial charge on any atom is 0.319 e. The number of benzene rings is 2. The van der Waals surface area contributed by atoms with Gasteiger partial charge in [-0.1, -0.05) is 43.2 Å². The number of fused-ring (bicyclic) bond motifs is 9. The zero-order valence-corrected chi connectivity index (χ0v) is 32.5. The molecule has 0 amide bonds. The number of aliphatic hydroxyl groups is 1. The van der Waals surface area contributed by atoms with Crippen LogP contribution >= 0.6 is 0 Å². The van der Waals surface area contributed by atoms with E-state index < -0.39 is 10.8 Å². The lowest BCUT2D eigenvalue weighted by atomic mass is 9.56. The quantitative estimate of drug-likeness (QED) is 0.167. The minimum Gasteiger partial charge on any atom is -0.496 e. The fourth-order valence-electron chi connectivity index (χ4n) is 12.6. The molecular weight excluding hydrogens is 681 g/mol. The molecule has 10 heteroatoms. The number of esters is 2. The summed E-state index contributed by atoms with van der Waals surface area (Å²) in [5, 5.41) is 13.6. The molecule has 2 aromatic heterocycles. The SMILES string of the molecule is C/C=C1/CN(C)[C@H]2Cc3c([nH]c4ccccc34)[C@@H](c3cc4[nH]c5c(c4cc3OC)CCN3C[C@@H]4C[C@@H](CC)[C@H]3[C@@]5(C(=O)OC)C4)C[C@H]1C2(CO)C(=O)OC. The van der Waals surface area contributed by atoms with E-state index in [2.05, 4.69) is 70.1 Å². The van der Waals surface area contributed by atoms with Gasteiger partial charge in [0.1, 0.15) is 16.6 Å². The van der Waals surface area contributed by atoms with Crippen LogP contribution in [0, 0.1) is 23.2 Å². The Morgan fingerprint density at radius 3 is 2.54 bits per heavy atom. The maximum absolute atomic E-state index is 14.3. The number of piperidine rings is 3. The Kier molecular flexibility index (Phi) is 8.56. The van der Waals surface area contributed by atoms with Crippen molar-refractivity contribution < 1.29 is 28.9 Å². The lowest BCUT2D eigenvalue weighted by Gasteiger charge is -2.57. The van der Waals surface area contributed by atoms with E-state index in [1.165, 1.54) is 12.7 Å². The van der Waals surface area contributed by atoms with Crippen molar-refractivity contribution in [1.82, 2.24) is 19.8 Å². The number of rotatable bonds is 6. The van der Waals surface area contributed by atoms with E-state index in [-0.39, 0.29) is 42.5 Å². The Hall–Kier alpha value is -4.12. The third-order valence-corrected chi connectivity index (χ3v) is 14.8. The van der Waals surface area contributed by atoms with E-state index in [0.29, 0.717) is 31.2 Å². The molecule has 10 rings (SSSR count). The zero-order chi connectivity index (χ0) is 37.7. The van der Waals surface area contributed by atoms with Crippen molar-refractivity contribution in [2.45, 2.75) is 75.8 Å². The monoisotopic (exact) mass is 734 g/mol. The Balaban J connectivity index is 1.29. The average molecular weight is 735 g/mol. The van der Waals surface area contributed by atoms with Gasteiger partial charge in [-0.2, -0.15) is 0 Å². The van der Waals surface area contributed by atoms with Crippen LogP contribution in [0.4, 0.5) is 0 Å². The first-order valence-corrected chi connectivity index (χ1v) is 19.9. The highest BCUT2D eigenvalue weighted by atomic mass is 16.5. The van der Waals surface area contributed by atoms with Crippen LogP contribution in [0.2, 0.25) is 0 Å². The molecule has 6 bridgehead atoms. The van der Waals surface area contributed by atoms with Gasteiger partial charge in [0, 0.05) is 82.3 Å². The molecule has 4 aromatic rings. The van der Waals surface area contributed by atoms with E-state index in [9.17, 15) is 14.7 Å². The summed E-state index contributed by atoms with van der Waals surface area (Å²) in [6.45, 7) is 6.61. The molecule has 6 aliphatic rings. The summed E-state index contributed by atoms with van der Waals surface area (Å²) in [5.41, 5.74) is 6.67. The number of aromatic nitrogens is 2. The van der Waals surface area contributed by atoms with Gasteiger partial charge >= 0.3 is 11.9 Å². The minimum atomic E-state index is -1.17. The third-order valence-electron chi connectivity index (χ3n) is 14.8. The second kappa shape index (κ2) is 13.0. The van der Waals surface area contributed by atoms with Gasteiger partial charge in [0.15, 0.2) is 0 Å². The molecule has 54 heavy (non-hydrogen) atoms. The smallest absolute Gasteiger partial charge is 0.319 e. The van der Waals surface area contributed by atoms with Crippen molar-refractivity contribution in [3.8, 4) is 5.75 Å². The topological polar surface area (TPSA) is 120 Å². The number of hydrogen-bond donors (Lipinski definition) is 3. The lowest BCUT2D eigenvalue weighted by molar-refractivity contribution is -0.169. The standard InChI is InChI=1S/C44H54N4O6/c1-7-25-15-24-20-43(41(50)53-5)39-28(13-14-48(21-24)40(25)43)29-18-36(52-4)30(17-35(29)46-39)31-16-33-26(8-2)22-47(3)37(44(33,23-49)42(51)54-6)19-32-27-11-9-10-12-34(27)45-38(31)32/h8-12,17-18,24-25,31,33,37,40,45-46,49H,7,13-16,19-23H2,1-6H3/b26-8-/t24-,25-,31-,33-,37+,40+,43-,44?/m1/s1. The van der Waals surface area contributed by atoms with Crippen LogP contribution in [-0.2, 0) is 37.3 Å². The molecule has 2 unspecified atom stereocenters. The first kappa shape index (κ1) is 35.6. The summed E-state index contributed by atoms with van der Waals surface area (Å²) < 4.78 is 17.7. The van der Waals surface area contributed by atoms with Gasteiger partial charge in [-0.3, -0.25) is 19.4 Å². The van der Waals surface area contributed by atoms with Crippen LogP contribution in [0.3, 0.4) is 0 Å². The summed E-state index contributed by atoms with van der Waals surface area (Å²) in [5.74, 6) is 0.625. The number of likely N-dealkylation sites (N-methyl/N-ethyl adjacent to an activating group) is 1. The van der Waals surface area contributed by atoms with E-state index in [1.54, 1.807) is 14.2 Å². The highest BCUT2D eigenvalue weighted by Crippen LogP contribution is 2.57. The second-order valence-electron chi connectivity index (χ2n) is 16.8. The van der Waals surface area contributed by atoms with E-state index in [1.807, 2.05) is 13.0 Å². The van der Waals surface area contributed by atoms with Crippen molar-refractivity contribution in [1.29, 1.82) is 0 Å². The van der Waals surface area contributed by atoms with Gasteiger partial charge in [0.2, 0.25) is 0 Å². The molecule has 2 aliphatic carbocycles. The molecule has 2 aromatic carbocycles. The highest BCUT2D eigenvalue weighted by Gasteiger charge is 2.63. The molecule has 0 radical (unpaired) electrons. The normalized spacial score (nSPS) is 33.8. The molecule has 3 N–H and O–H groups in total. The number of allylic oxidation sites excluding steroid dienone is 1. The predicted molar refractivity (Wildman–Crippen MR) is 208 cm³/mol. The lowest BCUT2D eigenvalue weighted by Crippen LogP contribution is -2.67. The van der Waals surface area contributed by atoms with Gasteiger partial charge in [0.25, 0.3) is 0 Å². The van der Waals surface area contributed by atoms with E-state index in [4.69, 9.17) is 14.2 Å². The molecule has 4 fully saturated rings. The molecule has 9 atom stereocenters. The maximum atomic E-state index is 14.3. The fourth-order valence-corrected chi connectivity index (χ4v) is 12.6. The number of nitrogens with zero attached hydrogens (tertiary/aromatic N) is 2. The van der Waals surface area contributed by atoms with Crippen LogP contribution in [0.15, 0.2) is 48.0 Å². The number of aliphatic hydroxyl groups excluding tert-OH is 1. The number of para-hydroxylation sites is 1. The van der Waals surface area contributed by atoms with Crippen molar-refractivity contribution in [3.05, 3.63) is 76.1 Å². The Bertz CT molecular complexity index is 2190. The summed E-state index contributed by atoms with van der Waals surface area (Å²) in [6, 6.07) is 12.6. The first-order chi connectivity index (χ1) is 26.2. The molecule has 286 valence electrons. The Morgan fingerprint density at radius 2 is 1.81 bits per heavy atom. The Labute approximate surface area is 317 Å². The number of nitrogens with one attached hydrogen (secondary N) is 2. The highest BCUT2D eigenvalue weighted by molar-refractivity contribution is 5.93. The fraction of sp³-hybridized carbons (Fsp3) is 0.545. The van der Waals surface area contributed by atoms with Crippen LogP contribution in [0.1, 0.15) is 73.5 Å². The second-order valence-corrected chi connectivity index (χ2v) is 16.8. The van der Waals surface area contributed by atoms with Crippen molar-refractivity contribution in [2.75, 3.05) is 54.6 Å². The van der Waals surface area contributed by atoms with E-state index >= 15 is 0 Å². The summed E-state index contributed by atoms with van der Waals surface area (Å²) in [7, 11) is 6.77. The first-order valence-electron chi connectivity index (χ1n) is 19.9. The minimum absolute atomic E-state index is 0.0942. The number of aromatic amines is 2. The zero-order valence-electron chi connectivity index (χ0n) is 32.5. The van der Waals surface area contributed by atoms with Gasteiger partial charge in [-0.15, -0.1) is 0 Å². The van der Waals surface area contributed by atoms with Crippen LogP contribution in [0.25, 0.3) is 21.8 Å². The largest absolute Gasteiger partial charge is 0.496 e. The number of likely N-dealkylation sites (tertiary alicyclic amines) is 1. The number of methoxy groups -OCH3 is 3. The van der Waals surface area contributed by atoms with E-state index in [0.717, 1.165) is 94.4 Å². The molecular formula is C44H54N4O6. The van der Waals surface area contributed by atoms with Gasteiger partial charge in [-0.05, 0) is 87.2 Å². The van der Waals surface area contributed by atoms with Gasteiger partial charge < -0.3 is 29.3 Å². The number of H-pyrrole nitrogens is 2. The van der Waals surface area contributed by atoms with Gasteiger partial charge in [-0.25, -0.2) is 0 Å². The molecule has 1 saturated carbocycles. The van der Waals surface area contributed by atoms with Crippen LogP contribution in [0.5, 0.6) is 5.75 Å². The average Bonchev–Trinajstić information content (AvgIpc) is 3.72. The molecule has 6 heterocycles.